The number of nitrogens with zero attached hydrogens (tertiary/aromatic N) is 4. The Bertz CT molecular complexity index is 943. The minimum absolute atomic E-state index is 0.235. The van der Waals surface area contributed by atoms with E-state index in [1.165, 1.54) is 22.2 Å². The molecule has 1 aromatic carbocycles. The zero-order valence-corrected chi connectivity index (χ0v) is 15.8. The zero-order valence-electron chi connectivity index (χ0n) is 15.8. The summed E-state index contributed by atoms with van der Waals surface area (Å²) in [5.74, 6) is 0.235. The lowest BCUT2D eigenvalue weighted by Gasteiger charge is -2.16. The van der Waals surface area contributed by atoms with Crippen LogP contribution in [0.3, 0.4) is 0 Å². The average molecular weight is 362 g/mol. The molecule has 0 spiro atoms. The third kappa shape index (κ3) is 3.66. The summed E-state index contributed by atoms with van der Waals surface area (Å²) >= 11 is 0. The van der Waals surface area contributed by atoms with E-state index in [1.807, 2.05) is 35.3 Å². The maximum absolute atomic E-state index is 10.6. The third-order valence-electron chi connectivity index (χ3n) is 5.60. The fourth-order valence-electron chi connectivity index (χ4n) is 4.07. The number of fused-ring (bicyclic) bond motifs is 1. The van der Waals surface area contributed by atoms with E-state index in [4.69, 9.17) is 0 Å². The average Bonchev–Trinajstić information content (AvgIpc) is 3.19. The van der Waals surface area contributed by atoms with Crippen LogP contribution in [0.2, 0.25) is 0 Å². The summed E-state index contributed by atoms with van der Waals surface area (Å²) in [7, 11) is 0. The van der Waals surface area contributed by atoms with Crippen LogP contribution in [-0.4, -0.2) is 44.0 Å². The van der Waals surface area contributed by atoms with Crippen LogP contribution < -0.4 is 0 Å². The SMILES string of the molecule is C=CCn1ncc(CN2C[C@@H](Cc3ccnc4ccccc34)[C@@H](O)C2)c1C. The minimum Gasteiger partial charge on any atom is -0.391 e. The number of aliphatic hydroxyl groups is 1. The maximum atomic E-state index is 10.6. The molecule has 4 rings (SSSR count). The van der Waals surface area contributed by atoms with Gasteiger partial charge in [0.1, 0.15) is 0 Å². The molecule has 0 unspecified atom stereocenters. The Morgan fingerprint density at radius 1 is 1.22 bits per heavy atom. The van der Waals surface area contributed by atoms with E-state index < -0.39 is 0 Å². The molecule has 1 N–H and O–H groups in total. The molecule has 3 heterocycles. The largest absolute Gasteiger partial charge is 0.391 e. The van der Waals surface area contributed by atoms with Crippen molar-refractivity contribution in [3.63, 3.8) is 0 Å². The molecule has 5 nitrogen and oxygen atoms in total. The van der Waals surface area contributed by atoms with Crippen molar-refractivity contribution in [2.24, 2.45) is 5.92 Å². The van der Waals surface area contributed by atoms with Crippen molar-refractivity contribution in [3.05, 3.63) is 72.2 Å². The second kappa shape index (κ2) is 7.62. The third-order valence-corrected chi connectivity index (χ3v) is 5.60. The van der Waals surface area contributed by atoms with E-state index >= 15 is 0 Å². The second-order valence-electron chi connectivity index (χ2n) is 7.44. The number of rotatable bonds is 6. The first kappa shape index (κ1) is 17.9. The number of para-hydroxylation sites is 1. The molecule has 5 heteroatoms. The molecule has 2 aromatic heterocycles. The zero-order chi connectivity index (χ0) is 18.8. The molecule has 0 bridgehead atoms. The lowest BCUT2D eigenvalue weighted by Crippen LogP contribution is -2.21. The van der Waals surface area contributed by atoms with Gasteiger partial charge in [0.25, 0.3) is 0 Å². The first-order chi connectivity index (χ1) is 13.2. The molecule has 0 amide bonds. The summed E-state index contributed by atoms with van der Waals surface area (Å²) in [6, 6.07) is 10.3. The van der Waals surface area contributed by atoms with E-state index in [-0.39, 0.29) is 12.0 Å². The van der Waals surface area contributed by atoms with Crippen LogP contribution >= 0.6 is 0 Å². The molecule has 3 aromatic rings. The van der Waals surface area contributed by atoms with Gasteiger partial charge in [0.15, 0.2) is 0 Å². The molecule has 27 heavy (non-hydrogen) atoms. The highest BCUT2D eigenvalue weighted by Crippen LogP contribution is 2.26. The maximum Gasteiger partial charge on any atom is 0.0710 e. The predicted octanol–water partition coefficient (Wildman–Crippen LogP) is 2.96. The van der Waals surface area contributed by atoms with Crippen molar-refractivity contribution in [2.45, 2.75) is 32.5 Å². The first-order valence-corrected chi connectivity index (χ1v) is 9.51. The highest BCUT2D eigenvalue weighted by Gasteiger charge is 2.32. The predicted molar refractivity (Wildman–Crippen MR) is 107 cm³/mol. The van der Waals surface area contributed by atoms with Gasteiger partial charge in [-0.1, -0.05) is 24.3 Å². The Balaban J connectivity index is 1.46. The van der Waals surface area contributed by atoms with Gasteiger partial charge in [-0.3, -0.25) is 14.6 Å². The van der Waals surface area contributed by atoms with Crippen molar-refractivity contribution in [1.82, 2.24) is 19.7 Å². The van der Waals surface area contributed by atoms with Crippen LogP contribution in [0.15, 0.2) is 55.4 Å². The fraction of sp³-hybridized carbons (Fsp3) is 0.364. The van der Waals surface area contributed by atoms with Crippen molar-refractivity contribution in [3.8, 4) is 0 Å². The summed E-state index contributed by atoms with van der Waals surface area (Å²) in [6.07, 6.45) is 6.23. The van der Waals surface area contributed by atoms with E-state index in [2.05, 4.69) is 46.7 Å². The molecule has 0 aliphatic carbocycles. The quantitative estimate of drug-likeness (QED) is 0.685. The molecule has 0 saturated carbocycles. The Hall–Kier alpha value is -2.50. The number of allylic oxidation sites excluding steroid dienone is 1. The van der Waals surface area contributed by atoms with E-state index in [9.17, 15) is 5.11 Å². The Labute approximate surface area is 160 Å². The smallest absolute Gasteiger partial charge is 0.0710 e. The molecule has 1 aliphatic rings. The summed E-state index contributed by atoms with van der Waals surface area (Å²) in [5.41, 5.74) is 4.68. The first-order valence-electron chi connectivity index (χ1n) is 9.51. The van der Waals surface area contributed by atoms with Gasteiger partial charge in [0, 0.05) is 48.4 Å². The van der Waals surface area contributed by atoms with Gasteiger partial charge < -0.3 is 5.11 Å². The number of benzene rings is 1. The molecule has 0 radical (unpaired) electrons. The van der Waals surface area contributed by atoms with Gasteiger partial charge in [-0.15, -0.1) is 6.58 Å². The van der Waals surface area contributed by atoms with Crippen molar-refractivity contribution >= 4 is 10.9 Å². The van der Waals surface area contributed by atoms with Crippen LogP contribution in [0.1, 0.15) is 16.8 Å². The van der Waals surface area contributed by atoms with E-state index in [0.717, 1.165) is 31.6 Å². The molecule has 2 atom stereocenters. The van der Waals surface area contributed by atoms with Gasteiger partial charge in [0.2, 0.25) is 0 Å². The van der Waals surface area contributed by atoms with Crippen LogP contribution in [0.5, 0.6) is 0 Å². The number of aliphatic hydroxyl groups excluding tert-OH is 1. The van der Waals surface area contributed by atoms with Gasteiger partial charge in [0.05, 0.1) is 24.4 Å². The molecule has 1 saturated heterocycles. The Morgan fingerprint density at radius 2 is 2.07 bits per heavy atom. The number of pyridine rings is 1. The monoisotopic (exact) mass is 362 g/mol. The number of likely N-dealkylation sites (tertiary alicyclic amines) is 1. The lowest BCUT2D eigenvalue weighted by molar-refractivity contribution is 0.141. The van der Waals surface area contributed by atoms with E-state index in [1.54, 1.807) is 0 Å². The highest BCUT2D eigenvalue weighted by molar-refractivity contribution is 5.81. The molecular formula is C22H26N4O. The molecule has 1 fully saturated rings. The van der Waals surface area contributed by atoms with E-state index in [0.29, 0.717) is 6.54 Å². The Morgan fingerprint density at radius 3 is 2.93 bits per heavy atom. The summed E-state index contributed by atoms with van der Waals surface area (Å²) < 4.78 is 1.97. The van der Waals surface area contributed by atoms with Gasteiger partial charge in [-0.2, -0.15) is 5.10 Å². The van der Waals surface area contributed by atoms with Crippen LogP contribution in [-0.2, 0) is 19.5 Å². The topological polar surface area (TPSA) is 54.2 Å². The van der Waals surface area contributed by atoms with Crippen LogP contribution in [0.25, 0.3) is 10.9 Å². The summed E-state index contributed by atoms with van der Waals surface area (Å²) in [4.78, 5) is 6.78. The Kier molecular flexibility index (Phi) is 5.05. The number of β-amino-alcohol motifs (C(OH)–C–C–N with tert-alkyl or cyclic N) is 1. The molecule has 1 aliphatic heterocycles. The second-order valence-corrected chi connectivity index (χ2v) is 7.44. The minimum atomic E-state index is -0.305. The van der Waals surface area contributed by atoms with Crippen LogP contribution in [0, 0.1) is 12.8 Å². The summed E-state index contributed by atoms with van der Waals surface area (Å²) in [6.45, 7) is 9.03. The number of hydrogen-bond donors (Lipinski definition) is 1. The van der Waals surface area contributed by atoms with Gasteiger partial charge in [-0.25, -0.2) is 0 Å². The van der Waals surface area contributed by atoms with Gasteiger partial charge >= 0.3 is 0 Å². The normalized spacial score (nSPS) is 20.4. The van der Waals surface area contributed by atoms with Gasteiger partial charge in [-0.05, 0) is 31.0 Å². The fourth-order valence-corrected chi connectivity index (χ4v) is 4.07. The van der Waals surface area contributed by atoms with Crippen molar-refractivity contribution < 1.29 is 5.11 Å². The van der Waals surface area contributed by atoms with Crippen molar-refractivity contribution in [2.75, 3.05) is 13.1 Å². The number of aromatic nitrogens is 3. The molecular weight excluding hydrogens is 336 g/mol. The lowest BCUT2D eigenvalue weighted by atomic mass is 9.94. The number of hydrogen-bond acceptors (Lipinski definition) is 4. The highest BCUT2D eigenvalue weighted by atomic mass is 16.3. The van der Waals surface area contributed by atoms with Crippen LogP contribution in [0.4, 0.5) is 0 Å². The van der Waals surface area contributed by atoms with Crippen molar-refractivity contribution in [1.29, 1.82) is 0 Å². The molecule has 140 valence electrons. The summed E-state index contributed by atoms with van der Waals surface area (Å²) in [5, 5.41) is 16.3. The standard InChI is InChI=1S/C22H26N4O/c1-3-10-26-16(2)19(12-24-26)14-25-13-18(22(27)15-25)11-17-8-9-23-21-7-5-4-6-20(17)21/h3-9,12,18,22,27H,1,10-11,13-15H2,2H3/t18-,22+/m1/s1.